The highest BCUT2D eigenvalue weighted by Gasteiger charge is 2.12. The van der Waals surface area contributed by atoms with Crippen LogP contribution in [-0.2, 0) is 4.79 Å². The first kappa shape index (κ1) is 17.5. The molecule has 0 aliphatic rings. The van der Waals surface area contributed by atoms with Crippen LogP contribution in [0.4, 0.5) is 0 Å². The van der Waals surface area contributed by atoms with E-state index in [9.17, 15) is 9.59 Å². The van der Waals surface area contributed by atoms with Gasteiger partial charge in [-0.1, -0.05) is 30.3 Å². The number of rotatable bonds is 6. The molecule has 0 fully saturated rings. The van der Waals surface area contributed by atoms with Crippen LogP contribution in [0.2, 0.25) is 0 Å². The number of carbonyl (C=O) groups excluding carboxylic acids is 2. The maximum Gasteiger partial charge on any atom is 0.271 e. The van der Waals surface area contributed by atoms with Gasteiger partial charge in [-0.25, -0.2) is 0 Å². The zero-order valence-electron chi connectivity index (χ0n) is 14.5. The summed E-state index contributed by atoms with van der Waals surface area (Å²) in [4.78, 5) is 27.1. The van der Waals surface area contributed by atoms with Crippen LogP contribution >= 0.6 is 0 Å². The molecular weight excluding hydrogens is 330 g/mol. The zero-order chi connectivity index (χ0) is 18.4. The number of benzene rings is 2. The molecule has 1 aromatic heterocycles. The minimum absolute atomic E-state index is 0.258. The van der Waals surface area contributed by atoms with E-state index < -0.39 is 0 Å². The minimum atomic E-state index is -0.355. The van der Waals surface area contributed by atoms with Crippen molar-refractivity contribution in [2.45, 2.75) is 19.8 Å². The highest BCUT2D eigenvalue weighted by molar-refractivity contribution is 6.07. The third kappa shape index (κ3) is 4.42. The SMILES string of the molecule is Cc1cccc(OCCCC(=O)NNC(=O)c2c[nH]c3ccccc23)c1. The van der Waals surface area contributed by atoms with E-state index >= 15 is 0 Å². The fourth-order valence-electron chi connectivity index (χ4n) is 2.64. The first-order valence-corrected chi connectivity index (χ1v) is 8.48. The summed E-state index contributed by atoms with van der Waals surface area (Å²) in [7, 11) is 0. The Morgan fingerprint density at radius 1 is 1.08 bits per heavy atom. The molecule has 0 unspecified atom stereocenters. The third-order valence-corrected chi connectivity index (χ3v) is 3.96. The van der Waals surface area contributed by atoms with Crippen molar-refractivity contribution >= 4 is 22.7 Å². The van der Waals surface area contributed by atoms with Crippen LogP contribution in [-0.4, -0.2) is 23.4 Å². The van der Waals surface area contributed by atoms with E-state index in [-0.39, 0.29) is 18.2 Å². The molecule has 134 valence electrons. The van der Waals surface area contributed by atoms with Gasteiger partial charge in [0.2, 0.25) is 5.91 Å². The van der Waals surface area contributed by atoms with Crippen LogP contribution in [0, 0.1) is 6.92 Å². The third-order valence-electron chi connectivity index (χ3n) is 3.96. The molecule has 3 N–H and O–H groups in total. The van der Waals surface area contributed by atoms with Crippen LogP contribution in [0.1, 0.15) is 28.8 Å². The summed E-state index contributed by atoms with van der Waals surface area (Å²) in [5.41, 5.74) is 7.37. The first-order valence-electron chi connectivity index (χ1n) is 8.48. The molecule has 0 aliphatic carbocycles. The van der Waals surface area contributed by atoms with E-state index in [1.54, 1.807) is 6.20 Å². The highest BCUT2D eigenvalue weighted by atomic mass is 16.5. The standard InChI is InChI=1S/C20H21N3O3/c1-14-6-4-7-15(12-14)26-11-5-10-19(24)22-23-20(25)17-13-21-18-9-3-2-8-16(17)18/h2-4,6-9,12-13,21H,5,10-11H2,1H3,(H,22,24)(H,23,25). The molecule has 0 saturated heterocycles. The number of hydrazine groups is 1. The Hall–Kier alpha value is -3.28. The smallest absolute Gasteiger partial charge is 0.271 e. The average Bonchev–Trinajstić information content (AvgIpc) is 3.07. The zero-order valence-corrected chi connectivity index (χ0v) is 14.5. The maximum atomic E-state index is 12.2. The minimum Gasteiger partial charge on any atom is -0.494 e. The molecule has 0 aliphatic heterocycles. The van der Waals surface area contributed by atoms with E-state index in [1.165, 1.54) is 0 Å². The number of fused-ring (bicyclic) bond motifs is 1. The van der Waals surface area contributed by atoms with Gasteiger partial charge in [-0.2, -0.15) is 0 Å². The normalized spacial score (nSPS) is 10.5. The molecule has 6 heteroatoms. The highest BCUT2D eigenvalue weighted by Crippen LogP contribution is 2.17. The van der Waals surface area contributed by atoms with Gasteiger partial charge in [0.25, 0.3) is 5.91 Å². The van der Waals surface area contributed by atoms with Crippen LogP contribution in [0.25, 0.3) is 10.9 Å². The Morgan fingerprint density at radius 3 is 2.77 bits per heavy atom. The summed E-state index contributed by atoms with van der Waals surface area (Å²) < 4.78 is 5.60. The number of aromatic amines is 1. The number of nitrogens with one attached hydrogen (secondary N) is 3. The van der Waals surface area contributed by atoms with Crippen LogP contribution < -0.4 is 15.6 Å². The second-order valence-electron chi connectivity index (χ2n) is 6.02. The topological polar surface area (TPSA) is 83.2 Å². The van der Waals surface area contributed by atoms with Gasteiger partial charge in [0.05, 0.1) is 12.2 Å². The molecular formula is C20H21N3O3. The van der Waals surface area contributed by atoms with E-state index in [4.69, 9.17) is 4.74 Å². The number of aryl methyl sites for hydroxylation is 1. The molecule has 0 saturated carbocycles. The van der Waals surface area contributed by atoms with Crippen molar-refractivity contribution < 1.29 is 14.3 Å². The number of amides is 2. The van der Waals surface area contributed by atoms with Gasteiger partial charge in [0.15, 0.2) is 0 Å². The first-order chi connectivity index (χ1) is 12.6. The number of carbonyl (C=O) groups is 2. The lowest BCUT2D eigenvalue weighted by atomic mass is 10.2. The largest absolute Gasteiger partial charge is 0.494 e. The number of ether oxygens (including phenoxy) is 1. The second-order valence-corrected chi connectivity index (χ2v) is 6.02. The quantitative estimate of drug-likeness (QED) is 0.471. The van der Waals surface area contributed by atoms with Gasteiger partial charge >= 0.3 is 0 Å². The van der Waals surface area contributed by atoms with E-state index in [0.29, 0.717) is 18.6 Å². The average molecular weight is 351 g/mol. The molecule has 2 amide bonds. The fourth-order valence-corrected chi connectivity index (χ4v) is 2.64. The Bertz CT molecular complexity index is 917. The van der Waals surface area contributed by atoms with Gasteiger partial charge in [-0.05, 0) is 37.1 Å². The van der Waals surface area contributed by atoms with E-state index in [0.717, 1.165) is 22.2 Å². The molecule has 0 bridgehead atoms. The summed E-state index contributed by atoms with van der Waals surface area (Å²) >= 11 is 0. The Morgan fingerprint density at radius 2 is 1.92 bits per heavy atom. The van der Waals surface area contributed by atoms with Crippen molar-refractivity contribution in [2.75, 3.05) is 6.61 Å². The predicted octanol–water partition coefficient (Wildman–Crippen LogP) is 3.10. The molecule has 0 atom stereocenters. The lowest BCUT2D eigenvalue weighted by Crippen LogP contribution is -2.41. The summed E-state index contributed by atoms with van der Waals surface area (Å²) in [5.74, 6) is 0.177. The van der Waals surface area contributed by atoms with Gasteiger partial charge < -0.3 is 9.72 Å². The van der Waals surface area contributed by atoms with Gasteiger partial charge in [-0.15, -0.1) is 0 Å². The molecule has 0 radical (unpaired) electrons. The number of hydrogen-bond acceptors (Lipinski definition) is 3. The van der Waals surface area contributed by atoms with Gasteiger partial charge in [0, 0.05) is 23.5 Å². The number of hydrogen-bond donors (Lipinski definition) is 3. The Balaban J connectivity index is 1.40. The monoisotopic (exact) mass is 351 g/mol. The van der Waals surface area contributed by atoms with Gasteiger partial charge in [0.1, 0.15) is 5.75 Å². The summed E-state index contributed by atoms with van der Waals surface area (Å²) in [6, 6.07) is 15.2. The molecule has 3 aromatic rings. The van der Waals surface area contributed by atoms with Crippen molar-refractivity contribution in [3.8, 4) is 5.75 Å². The summed E-state index contributed by atoms with van der Waals surface area (Å²) in [6.07, 6.45) is 2.45. The van der Waals surface area contributed by atoms with Crippen molar-refractivity contribution in [1.82, 2.24) is 15.8 Å². The maximum absolute atomic E-state index is 12.2. The van der Waals surface area contributed by atoms with Crippen LogP contribution in [0.5, 0.6) is 5.75 Å². The van der Waals surface area contributed by atoms with E-state index in [2.05, 4.69) is 15.8 Å². The summed E-state index contributed by atoms with van der Waals surface area (Å²) in [6.45, 7) is 2.43. The lowest BCUT2D eigenvalue weighted by Gasteiger charge is -2.08. The molecule has 26 heavy (non-hydrogen) atoms. The molecule has 1 heterocycles. The Kier molecular flexibility index (Phi) is 5.53. The predicted molar refractivity (Wildman–Crippen MR) is 99.8 cm³/mol. The van der Waals surface area contributed by atoms with Gasteiger partial charge in [-0.3, -0.25) is 20.4 Å². The molecule has 0 spiro atoms. The van der Waals surface area contributed by atoms with Crippen molar-refractivity contribution in [3.05, 3.63) is 65.9 Å². The van der Waals surface area contributed by atoms with Crippen molar-refractivity contribution in [1.29, 1.82) is 0 Å². The second kappa shape index (κ2) is 8.20. The lowest BCUT2D eigenvalue weighted by molar-refractivity contribution is -0.122. The van der Waals surface area contributed by atoms with Crippen LogP contribution in [0.3, 0.4) is 0 Å². The molecule has 2 aromatic carbocycles. The van der Waals surface area contributed by atoms with Crippen molar-refractivity contribution in [3.63, 3.8) is 0 Å². The number of para-hydroxylation sites is 1. The Labute approximate surface area is 151 Å². The van der Waals surface area contributed by atoms with Crippen molar-refractivity contribution in [2.24, 2.45) is 0 Å². The summed E-state index contributed by atoms with van der Waals surface area (Å²) in [5, 5.41) is 0.811. The number of H-pyrrole nitrogens is 1. The molecule has 6 nitrogen and oxygen atoms in total. The van der Waals surface area contributed by atoms with Crippen LogP contribution in [0.15, 0.2) is 54.7 Å². The fraction of sp³-hybridized carbons (Fsp3) is 0.200. The molecule has 3 rings (SSSR count). The number of aromatic nitrogens is 1. The van der Waals surface area contributed by atoms with E-state index in [1.807, 2.05) is 55.5 Å².